The summed E-state index contributed by atoms with van der Waals surface area (Å²) >= 11 is 7.73. The Bertz CT molecular complexity index is 1500. The number of methoxy groups -OCH3 is 1. The highest BCUT2D eigenvalue weighted by Gasteiger charge is 2.29. The molecule has 0 aliphatic heterocycles. The molecule has 0 fully saturated rings. The van der Waals surface area contributed by atoms with Gasteiger partial charge in [-0.1, -0.05) is 34.6 Å². The molecule has 1 aliphatic carbocycles. The molecule has 2 heterocycles. The topological polar surface area (TPSA) is 146 Å². The normalized spacial score (nSPS) is 13.6. The van der Waals surface area contributed by atoms with Crippen LogP contribution in [0.25, 0.3) is 22.3 Å². The van der Waals surface area contributed by atoms with Gasteiger partial charge < -0.3 is 9.15 Å². The Kier molecular flexibility index (Phi) is 8.35. The van der Waals surface area contributed by atoms with Crippen molar-refractivity contribution in [1.29, 1.82) is 0 Å². The molecular formula is C26H23Cl2NO7S. The van der Waals surface area contributed by atoms with Crippen LogP contribution in [0, 0.1) is 17.2 Å². The van der Waals surface area contributed by atoms with E-state index in [1.54, 1.807) is 11.3 Å². The van der Waals surface area contributed by atoms with Gasteiger partial charge >= 0.3 is 5.97 Å². The maximum atomic E-state index is 12.7. The summed E-state index contributed by atoms with van der Waals surface area (Å²) in [6.45, 7) is 2.06. The maximum Gasteiger partial charge on any atom is 0.345 e. The van der Waals surface area contributed by atoms with Gasteiger partial charge in [0.05, 0.1) is 18.6 Å². The smallest absolute Gasteiger partial charge is 0.345 e. The second kappa shape index (κ2) is 11.3. The number of carbonyl (C=O) groups is 1. The van der Waals surface area contributed by atoms with E-state index in [0.717, 1.165) is 69.5 Å². The molecule has 5 rings (SSSR count). The van der Waals surface area contributed by atoms with Gasteiger partial charge in [-0.2, -0.15) is 4.99 Å². The van der Waals surface area contributed by atoms with Crippen molar-refractivity contribution in [2.24, 2.45) is 0 Å². The fraction of sp³-hybridized carbons (Fsp3) is 0.231. The van der Waals surface area contributed by atoms with Crippen molar-refractivity contribution < 1.29 is 47.8 Å². The predicted octanol–water partition coefficient (Wildman–Crippen LogP) is 0.346. The highest BCUT2D eigenvalue weighted by Crippen LogP contribution is 2.36. The molecule has 0 saturated carbocycles. The standard InChI is InChI=1S/C26H22ClNO3S.ClHO4/c1-15-7-12-21-19(13-15)20(14-22(31-21)16-8-10-17(27)11-9-16)28-25-24(26(29)30-2)18-5-3-4-6-23(18)32-25;2-1(3,4)5/h7-14H,3-6H2,1-2H3;(H,2,3,4,5)/b28-20+;. The molecule has 1 aliphatic rings. The quantitative estimate of drug-likeness (QED) is 0.354. The minimum Gasteiger partial charge on any atom is -0.465 e. The van der Waals surface area contributed by atoms with Gasteiger partial charge in [-0.05, 0) is 74.6 Å². The highest BCUT2D eigenvalue weighted by molar-refractivity contribution is 7.15. The first-order valence-corrected chi connectivity index (χ1v) is 13.7. The van der Waals surface area contributed by atoms with Gasteiger partial charge in [-0.15, -0.1) is 10.2 Å². The van der Waals surface area contributed by atoms with Crippen LogP contribution < -0.4 is 29.0 Å². The van der Waals surface area contributed by atoms with Crippen LogP contribution in [0.1, 0.15) is 39.2 Å². The van der Waals surface area contributed by atoms with Gasteiger partial charge in [-0.25, -0.2) is 23.4 Å². The second-order valence-electron chi connectivity index (χ2n) is 8.44. The van der Waals surface area contributed by atoms with Crippen LogP contribution in [0.4, 0.5) is 5.00 Å². The molecular weight excluding hydrogens is 541 g/mol. The summed E-state index contributed by atoms with van der Waals surface area (Å²) in [5, 5.41) is 3.36. The van der Waals surface area contributed by atoms with Crippen LogP contribution >= 0.6 is 22.9 Å². The molecule has 0 atom stereocenters. The average molecular weight is 564 g/mol. The van der Waals surface area contributed by atoms with Crippen LogP contribution in [0.2, 0.25) is 5.02 Å². The molecule has 1 N–H and O–H groups in total. The van der Waals surface area contributed by atoms with Crippen LogP contribution in [0.15, 0.2) is 52.9 Å². The number of fused-ring (bicyclic) bond motifs is 2. The van der Waals surface area contributed by atoms with E-state index in [1.807, 2.05) is 42.5 Å². The Morgan fingerprint density at radius 3 is 2.41 bits per heavy atom. The molecule has 11 heteroatoms. The van der Waals surface area contributed by atoms with Crippen LogP contribution in [-0.4, -0.2) is 13.1 Å². The number of hydrogen-bond acceptors (Lipinski definition) is 8. The summed E-state index contributed by atoms with van der Waals surface area (Å²) in [5.41, 5.74) is 4.63. The summed E-state index contributed by atoms with van der Waals surface area (Å²) in [6.07, 6.45) is 4.17. The summed E-state index contributed by atoms with van der Waals surface area (Å²) in [5.74, 6) is 0.437. The minimum atomic E-state index is -4.94. The van der Waals surface area contributed by atoms with Crippen LogP contribution in [-0.2, 0) is 17.6 Å². The molecule has 0 spiro atoms. The first-order chi connectivity index (χ1) is 17.5. The monoisotopic (exact) mass is 563 g/mol. The Hall–Kier alpha value is -2.76. The lowest BCUT2D eigenvalue weighted by atomic mass is 9.95. The molecule has 4 aromatic rings. The lowest BCUT2D eigenvalue weighted by Gasteiger charge is -2.17. The molecule has 0 bridgehead atoms. The molecule has 8 nitrogen and oxygen atoms in total. The number of aryl methyl sites for hydroxylation is 2. The molecule has 0 amide bonds. The second-order valence-corrected chi connectivity index (χ2v) is 10.7. The number of thiophene rings is 1. The third-order valence-electron chi connectivity index (χ3n) is 5.86. The summed E-state index contributed by atoms with van der Waals surface area (Å²) < 4.78 is 45.3. The lowest BCUT2D eigenvalue weighted by Crippen LogP contribution is -2.70. The Morgan fingerprint density at radius 1 is 1.05 bits per heavy atom. The van der Waals surface area contributed by atoms with Gasteiger partial charge in [0.1, 0.15) is 16.9 Å². The van der Waals surface area contributed by atoms with Gasteiger partial charge in [0.25, 0.3) is 5.00 Å². The van der Waals surface area contributed by atoms with E-state index < -0.39 is 10.2 Å². The fourth-order valence-electron chi connectivity index (χ4n) is 4.25. The zero-order chi connectivity index (χ0) is 26.7. The van der Waals surface area contributed by atoms with Crippen molar-refractivity contribution in [3.63, 3.8) is 0 Å². The number of esters is 1. The SMILES string of the molecule is COC(=O)c1c(/[NH+]=c2\cc(-c3ccc(Cl)cc3)oc3ccc(C)cc23)sc2c1CCCC2.[O-][Cl+3]([O-])([O-])[O-]. The predicted molar refractivity (Wildman–Crippen MR) is 127 cm³/mol. The van der Waals surface area contributed by atoms with Crippen molar-refractivity contribution in [3.05, 3.63) is 80.5 Å². The van der Waals surface area contributed by atoms with E-state index >= 15 is 0 Å². The highest BCUT2D eigenvalue weighted by atomic mass is 35.7. The molecule has 0 unspecified atom stereocenters. The third kappa shape index (κ3) is 6.77. The zero-order valence-corrected chi connectivity index (χ0v) is 22.3. The van der Waals surface area contributed by atoms with Gasteiger partial charge in [-0.3, -0.25) is 0 Å². The van der Waals surface area contributed by atoms with Gasteiger partial charge in [0, 0.05) is 15.5 Å². The first-order valence-electron chi connectivity index (χ1n) is 11.3. The van der Waals surface area contributed by atoms with Crippen molar-refractivity contribution in [2.45, 2.75) is 32.6 Å². The van der Waals surface area contributed by atoms with E-state index in [4.69, 9.17) is 39.4 Å². The Morgan fingerprint density at radius 2 is 1.73 bits per heavy atom. The molecule has 37 heavy (non-hydrogen) atoms. The van der Waals surface area contributed by atoms with Crippen LogP contribution in [0.3, 0.4) is 0 Å². The number of ether oxygens (including phenoxy) is 1. The number of nitrogens with one attached hydrogen (secondary N) is 1. The van der Waals surface area contributed by atoms with Crippen molar-refractivity contribution in [2.75, 3.05) is 7.11 Å². The molecule has 0 radical (unpaired) electrons. The molecule has 2 aromatic carbocycles. The zero-order valence-electron chi connectivity index (χ0n) is 20.0. The Balaban J connectivity index is 0.000000586. The number of rotatable bonds is 3. The molecule has 2 aromatic heterocycles. The fourth-order valence-corrected chi connectivity index (χ4v) is 5.67. The number of benzene rings is 2. The maximum absolute atomic E-state index is 12.7. The van der Waals surface area contributed by atoms with E-state index in [9.17, 15) is 4.79 Å². The Labute approximate surface area is 223 Å². The van der Waals surface area contributed by atoms with Gasteiger partial charge in [0.2, 0.25) is 5.36 Å². The summed E-state index contributed by atoms with van der Waals surface area (Å²) in [4.78, 5) is 17.6. The van der Waals surface area contributed by atoms with E-state index in [1.165, 1.54) is 12.0 Å². The molecule has 194 valence electrons. The first kappa shape index (κ1) is 27.3. The third-order valence-corrected chi connectivity index (χ3v) is 7.32. The van der Waals surface area contributed by atoms with E-state index in [2.05, 4.69) is 18.0 Å². The summed E-state index contributed by atoms with van der Waals surface area (Å²) in [7, 11) is -3.50. The number of halogens is 2. The van der Waals surface area contributed by atoms with Crippen molar-refractivity contribution in [1.82, 2.24) is 0 Å². The number of carbonyl (C=O) groups excluding carboxylic acids is 1. The number of hydrogen-bond donors (Lipinski definition) is 1. The summed E-state index contributed by atoms with van der Waals surface area (Å²) in [6, 6.07) is 15.7. The average Bonchev–Trinajstić information content (AvgIpc) is 3.21. The van der Waals surface area contributed by atoms with Crippen molar-refractivity contribution >= 4 is 44.9 Å². The van der Waals surface area contributed by atoms with E-state index in [-0.39, 0.29) is 5.97 Å². The lowest BCUT2D eigenvalue weighted by molar-refractivity contribution is -2.00. The minimum absolute atomic E-state index is 0.286. The van der Waals surface area contributed by atoms with Crippen molar-refractivity contribution in [3.8, 4) is 11.3 Å². The van der Waals surface area contributed by atoms with Gasteiger partial charge in [0.15, 0.2) is 0 Å². The van der Waals surface area contributed by atoms with Crippen LogP contribution in [0.5, 0.6) is 0 Å². The molecule has 0 saturated heterocycles. The van der Waals surface area contributed by atoms with E-state index in [0.29, 0.717) is 10.6 Å². The largest absolute Gasteiger partial charge is 0.465 e.